The molecule has 0 radical (unpaired) electrons. The third-order valence-electron chi connectivity index (χ3n) is 3.48. The van der Waals surface area contributed by atoms with Gasteiger partial charge in [-0.25, -0.2) is 0 Å². The molecule has 0 atom stereocenters. The molecule has 1 aliphatic heterocycles. The maximum atomic E-state index is 12.6. The number of amides is 1. The Hall–Kier alpha value is -1.52. The first-order valence-electron chi connectivity index (χ1n) is 6.22. The fourth-order valence-corrected chi connectivity index (χ4v) is 2.95. The highest BCUT2D eigenvalue weighted by Crippen LogP contribution is 2.33. The molecule has 0 fully saturated rings. The average molecular weight is 352 g/mol. The van der Waals surface area contributed by atoms with Crippen LogP contribution in [0.5, 0.6) is 0 Å². The number of nitrogens with two attached hydrogens (primary N) is 1. The van der Waals surface area contributed by atoms with E-state index in [1.165, 1.54) is 0 Å². The van der Waals surface area contributed by atoms with E-state index in [2.05, 4.69) is 15.9 Å². The van der Waals surface area contributed by atoms with Crippen LogP contribution in [0.1, 0.15) is 15.9 Å². The second kappa shape index (κ2) is 5.11. The van der Waals surface area contributed by atoms with Crippen molar-refractivity contribution in [3.05, 3.63) is 57.0 Å². The fraction of sp³-hybridized carbons (Fsp3) is 0.133. The first-order valence-corrected chi connectivity index (χ1v) is 7.39. The van der Waals surface area contributed by atoms with Gasteiger partial charge in [-0.15, -0.1) is 0 Å². The van der Waals surface area contributed by atoms with E-state index in [9.17, 15) is 4.79 Å². The second-order valence-corrected chi connectivity index (χ2v) is 5.94. The summed E-state index contributed by atoms with van der Waals surface area (Å²) in [5, 5.41) is 0.590. The number of carbonyl (C=O) groups excluding carboxylic acids is 1. The van der Waals surface area contributed by atoms with Gasteiger partial charge in [0.05, 0.1) is 5.02 Å². The van der Waals surface area contributed by atoms with Gasteiger partial charge < -0.3 is 10.6 Å². The van der Waals surface area contributed by atoms with Crippen LogP contribution in [-0.4, -0.2) is 12.5 Å². The van der Waals surface area contributed by atoms with Crippen LogP contribution in [0.25, 0.3) is 0 Å². The maximum Gasteiger partial charge on any atom is 0.258 e. The topological polar surface area (TPSA) is 46.3 Å². The van der Waals surface area contributed by atoms with E-state index in [0.717, 1.165) is 27.8 Å². The molecule has 0 spiro atoms. The van der Waals surface area contributed by atoms with E-state index in [0.29, 0.717) is 17.1 Å². The third kappa shape index (κ3) is 2.19. The summed E-state index contributed by atoms with van der Waals surface area (Å²) in [6, 6.07) is 10.9. The standard InChI is InChI=1S/C15H12BrClN2O/c16-11-8-9(4-5-12(11)17)15(20)19-7-6-10-13(18)2-1-3-14(10)19/h1-5,8H,6-7,18H2. The van der Waals surface area contributed by atoms with Gasteiger partial charge in [0.2, 0.25) is 0 Å². The Balaban J connectivity index is 1.97. The summed E-state index contributed by atoms with van der Waals surface area (Å²) in [5.41, 5.74) is 9.26. The molecule has 1 amide bonds. The molecule has 0 saturated heterocycles. The molecule has 2 aromatic carbocycles. The molecule has 0 unspecified atom stereocenters. The van der Waals surface area contributed by atoms with Crippen molar-refractivity contribution in [2.75, 3.05) is 17.2 Å². The number of fused-ring (bicyclic) bond motifs is 1. The van der Waals surface area contributed by atoms with E-state index in [1.54, 1.807) is 23.1 Å². The van der Waals surface area contributed by atoms with Crippen molar-refractivity contribution in [3.63, 3.8) is 0 Å². The van der Waals surface area contributed by atoms with Gasteiger partial charge >= 0.3 is 0 Å². The Labute approximate surface area is 130 Å². The maximum absolute atomic E-state index is 12.6. The monoisotopic (exact) mass is 350 g/mol. The minimum Gasteiger partial charge on any atom is -0.398 e. The normalized spacial score (nSPS) is 13.4. The number of carbonyl (C=O) groups is 1. The zero-order valence-electron chi connectivity index (χ0n) is 10.6. The van der Waals surface area contributed by atoms with Gasteiger partial charge in [-0.3, -0.25) is 4.79 Å². The van der Waals surface area contributed by atoms with Crippen molar-refractivity contribution in [2.45, 2.75) is 6.42 Å². The summed E-state index contributed by atoms with van der Waals surface area (Å²) < 4.78 is 0.719. The molecule has 0 aromatic heterocycles. The molecule has 20 heavy (non-hydrogen) atoms. The number of benzene rings is 2. The van der Waals surface area contributed by atoms with Crippen LogP contribution in [0.15, 0.2) is 40.9 Å². The average Bonchev–Trinajstić information content (AvgIpc) is 2.86. The van der Waals surface area contributed by atoms with Gasteiger partial charge in [-0.2, -0.15) is 0 Å². The van der Waals surface area contributed by atoms with Gasteiger partial charge in [0, 0.05) is 33.5 Å². The molecule has 1 heterocycles. The third-order valence-corrected chi connectivity index (χ3v) is 4.69. The molecule has 5 heteroatoms. The number of nitrogens with zero attached hydrogens (tertiary/aromatic N) is 1. The van der Waals surface area contributed by atoms with Crippen LogP contribution in [0, 0.1) is 0 Å². The summed E-state index contributed by atoms with van der Waals surface area (Å²) in [6.45, 7) is 0.655. The molecule has 2 N–H and O–H groups in total. The molecular formula is C15H12BrClN2O. The van der Waals surface area contributed by atoms with Crippen molar-refractivity contribution in [1.29, 1.82) is 0 Å². The lowest BCUT2D eigenvalue weighted by Gasteiger charge is -2.18. The summed E-state index contributed by atoms with van der Waals surface area (Å²) in [5.74, 6) is -0.0354. The van der Waals surface area contributed by atoms with Crippen LogP contribution in [0.3, 0.4) is 0 Å². The molecule has 0 bridgehead atoms. The Morgan fingerprint density at radius 1 is 1.30 bits per heavy atom. The summed E-state index contributed by atoms with van der Waals surface area (Å²) in [4.78, 5) is 14.4. The lowest BCUT2D eigenvalue weighted by atomic mass is 10.1. The zero-order valence-corrected chi connectivity index (χ0v) is 12.9. The lowest BCUT2D eigenvalue weighted by molar-refractivity contribution is 0.0989. The molecule has 3 nitrogen and oxygen atoms in total. The van der Waals surface area contributed by atoms with Crippen molar-refractivity contribution < 1.29 is 4.79 Å². The largest absolute Gasteiger partial charge is 0.398 e. The molecule has 2 aromatic rings. The van der Waals surface area contributed by atoms with Gasteiger partial charge in [-0.1, -0.05) is 17.7 Å². The van der Waals surface area contributed by atoms with Crippen molar-refractivity contribution >= 4 is 44.8 Å². The predicted octanol–water partition coefficient (Wildman–Crippen LogP) is 3.89. The molecule has 0 aliphatic carbocycles. The van der Waals surface area contributed by atoms with E-state index < -0.39 is 0 Å². The van der Waals surface area contributed by atoms with E-state index in [4.69, 9.17) is 17.3 Å². The van der Waals surface area contributed by atoms with E-state index >= 15 is 0 Å². The molecule has 1 aliphatic rings. The summed E-state index contributed by atoms with van der Waals surface area (Å²) >= 11 is 9.30. The lowest BCUT2D eigenvalue weighted by Crippen LogP contribution is -2.28. The molecule has 3 rings (SSSR count). The number of rotatable bonds is 1. The number of hydrogen-bond donors (Lipinski definition) is 1. The van der Waals surface area contributed by atoms with E-state index in [1.807, 2.05) is 18.2 Å². The summed E-state index contributed by atoms with van der Waals surface area (Å²) in [6.07, 6.45) is 0.794. The van der Waals surface area contributed by atoms with Gasteiger partial charge in [0.25, 0.3) is 5.91 Å². The Morgan fingerprint density at radius 2 is 2.10 bits per heavy atom. The highest BCUT2D eigenvalue weighted by atomic mass is 79.9. The highest BCUT2D eigenvalue weighted by molar-refractivity contribution is 9.10. The van der Waals surface area contributed by atoms with Gasteiger partial charge in [-0.05, 0) is 52.7 Å². The van der Waals surface area contributed by atoms with Crippen molar-refractivity contribution in [2.24, 2.45) is 0 Å². The van der Waals surface area contributed by atoms with Crippen LogP contribution < -0.4 is 10.6 Å². The van der Waals surface area contributed by atoms with Crippen LogP contribution in [0.2, 0.25) is 5.02 Å². The van der Waals surface area contributed by atoms with Crippen LogP contribution >= 0.6 is 27.5 Å². The predicted molar refractivity (Wildman–Crippen MR) is 85.4 cm³/mol. The number of anilines is 2. The van der Waals surface area contributed by atoms with Crippen molar-refractivity contribution in [3.8, 4) is 0 Å². The number of halogens is 2. The second-order valence-electron chi connectivity index (χ2n) is 4.68. The van der Waals surface area contributed by atoms with Crippen LogP contribution in [-0.2, 0) is 6.42 Å². The van der Waals surface area contributed by atoms with Gasteiger partial charge in [0.1, 0.15) is 0 Å². The van der Waals surface area contributed by atoms with Crippen molar-refractivity contribution in [1.82, 2.24) is 0 Å². The highest BCUT2D eigenvalue weighted by Gasteiger charge is 2.26. The van der Waals surface area contributed by atoms with E-state index in [-0.39, 0.29) is 5.91 Å². The Morgan fingerprint density at radius 3 is 2.85 bits per heavy atom. The SMILES string of the molecule is Nc1cccc2c1CCN2C(=O)c1ccc(Cl)c(Br)c1. The zero-order chi connectivity index (χ0) is 14.3. The molecule has 0 saturated carbocycles. The Kier molecular flexibility index (Phi) is 3.44. The minimum absolute atomic E-state index is 0.0354. The Bertz CT molecular complexity index is 702. The smallest absolute Gasteiger partial charge is 0.258 e. The fourth-order valence-electron chi connectivity index (χ4n) is 2.46. The minimum atomic E-state index is -0.0354. The quantitative estimate of drug-likeness (QED) is 0.792. The number of hydrogen-bond acceptors (Lipinski definition) is 2. The first-order chi connectivity index (χ1) is 9.58. The summed E-state index contributed by atoms with van der Waals surface area (Å²) in [7, 11) is 0. The first kappa shape index (κ1) is 13.5. The van der Waals surface area contributed by atoms with Gasteiger partial charge in [0.15, 0.2) is 0 Å². The molecule has 102 valence electrons. The molecular weight excluding hydrogens is 340 g/mol. The number of nitrogen functional groups attached to an aromatic ring is 1. The van der Waals surface area contributed by atoms with Crippen LogP contribution in [0.4, 0.5) is 11.4 Å².